The molecule has 1 radical (unpaired) electrons. The summed E-state index contributed by atoms with van der Waals surface area (Å²) in [7, 11) is 0. The fraction of sp³-hybridized carbons (Fsp3) is 0.833. The molecule has 0 saturated heterocycles. The highest BCUT2D eigenvalue weighted by atomic mass is 14.0. The van der Waals surface area contributed by atoms with Gasteiger partial charge in [-0.1, -0.05) is 82.3 Å². The fourth-order valence-electron chi connectivity index (χ4n) is 2.27. The second kappa shape index (κ2) is 13.2. The zero-order chi connectivity index (χ0) is 13.6. The number of unbranched alkanes of at least 4 members (excludes halogenated alkanes) is 10. The second-order valence-electron chi connectivity index (χ2n) is 5.85. The van der Waals surface area contributed by atoms with Gasteiger partial charge in [-0.15, -0.1) is 0 Å². The summed E-state index contributed by atoms with van der Waals surface area (Å²) in [5.74, 6) is 0. The van der Waals surface area contributed by atoms with Crippen LogP contribution in [0.25, 0.3) is 0 Å². The Bertz CT molecular complexity index is 196. The van der Waals surface area contributed by atoms with Crippen LogP contribution in [-0.2, 0) is 0 Å². The first-order valence-electron chi connectivity index (χ1n) is 8.16. The van der Waals surface area contributed by atoms with Gasteiger partial charge >= 0.3 is 0 Å². The van der Waals surface area contributed by atoms with Crippen molar-refractivity contribution in [3.8, 4) is 0 Å². The highest BCUT2D eigenvalue weighted by Gasteiger charge is 1.95. The van der Waals surface area contributed by atoms with Crippen molar-refractivity contribution in [2.45, 2.75) is 97.8 Å². The van der Waals surface area contributed by atoms with Gasteiger partial charge < -0.3 is 0 Å². The van der Waals surface area contributed by atoms with Gasteiger partial charge in [-0.05, 0) is 33.6 Å². The zero-order valence-corrected chi connectivity index (χ0v) is 13.2. The molecule has 0 atom stereocenters. The molecule has 107 valence electrons. The van der Waals surface area contributed by atoms with Crippen molar-refractivity contribution < 1.29 is 0 Å². The summed E-state index contributed by atoms with van der Waals surface area (Å²) in [4.78, 5) is 0. The van der Waals surface area contributed by atoms with Crippen LogP contribution in [0.15, 0.2) is 11.1 Å². The average molecular weight is 251 g/mol. The van der Waals surface area contributed by atoms with Crippen LogP contribution in [0.5, 0.6) is 0 Å². The molecule has 0 aliphatic carbocycles. The van der Waals surface area contributed by atoms with Crippen molar-refractivity contribution in [1.29, 1.82) is 0 Å². The van der Waals surface area contributed by atoms with Crippen molar-refractivity contribution in [2.24, 2.45) is 0 Å². The Balaban J connectivity index is 3.10. The van der Waals surface area contributed by atoms with E-state index >= 15 is 0 Å². The maximum Gasteiger partial charge on any atom is -0.0283 e. The molecule has 0 bridgehead atoms. The smallest absolute Gasteiger partial charge is 0.0283 e. The third-order valence-corrected chi connectivity index (χ3v) is 3.88. The topological polar surface area (TPSA) is 0 Å². The average Bonchev–Trinajstić information content (AvgIpc) is 2.35. The molecule has 18 heavy (non-hydrogen) atoms. The van der Waals surface area contributed by atoms with Gasteiger partial charge in [-0.3, -0.25) is 0 Å². The van der Waals surface area contributed by atoms with Crippen molar-refractivity contribution in [3.63, 3.8) is 0 Å². The maximum absolute atomic E-state index is 3.99. The number of rotatable bonds is 12. The van der Waals surface area contributed by atoms with E-state index in [0.717, 1.165) is 0 Å². The lowest BCUT2D eigenvalue weighted by molar-refractivity contribution is 0.549. The van der Waals surface area contributed by atoms with Crippen LogP contribution in [0.1, 0.15) is 97.8 Å². The predicted molar refractivity (Wildman–Crippen MR) is 84.8 cm³/mol. The van der Waals surface area contributed by atoms with E-state index in [1.54, 1.807) is 0 Å². The summed E-state index contributed by atoms with van der Waals surface area (Å²) in [6.07, 6.45) is 17.0. The van der Waals surface area contributed by atoms with Crippen molar-refractivity contribution in [3.05, 3.63) is 18.1 Å². The van der Waals surface area contributed by atoms with Gasteiger partial charge in [0, 0.05) is 0 Å². The number of allylic oxidation sites excluding steroid dienone is 2. The SMILES string of the molecule is [CH2]/C(C)=C(\C)CCCCCCCCCCCCC. The predicted octanol–water partition coefficient (Wildman–Crippen LogP) is 6.86. The molecule has 0 unspecified atom stereocenters. The maximum atomic E-state index is 3.99. The van der Waals surface area contributed by atoms with Crippen LogP contribution in [0.3, 0.4) is 0 Å². The minimum Gasteiger partial charge on any atom is -0.0744 e. The quantitative estimate of drug-likeness (QED) is 0.332. The van der Waals surface area contributed by atoms with Gasteiger partial charge in [-0.2, -0.15) is 0 Å². The van der Waals surface area contributed by atoms with Gasteiger partial charge in [0.25, 0.3) is 0 Å². The van der Waals surface area contributed by atoms with E-state index in [1.165, 1.54) is 88.2 Å². The highest BCUT2D eigenvalue weighted by molar-refractivity contribution is 5.11. The molecular weight excluding hydrogens is 216 g/mol. The fourth-order valence-corrected chi connectivity index (χ4v) is 2.27. The molecule has 0 aromatic rings. The first kappa shape index (κ1) is 17.7. The molecule has 0 aromatic heterocycles. The molecule has 0 N–H and O–H groups in total. The van der Waals surface area contributed by atoms with Crippen LogP contribution in [0.2, 0.25) is 0 Å². The molecule has 0 aliphatic heterocycles. The molecule has 0 spiro atoms. The van der Waals surface area contributed by atoms with Gasteiger partial charge in [0.15, 0.2) is 0 Å². The Kier molecular flexibility index (Phi) is 13.0. The van der Waals surface area contributed by atoms with Gasteiger partial charge in [-0.25, -0.2) is 0 Å². The van der Waals surface area contributed by atoms with Gasteiger partial charge in [0.2, 0.25) is 0 Å². The molecule has 0 saturated carbocycles. The molecular formula is C18H35. The van der Waals surface area contributed by atoms with Crippen LogP contribution >= 0.6 is 0 Å². The van der Waals surface area contributed by atoms with E-state index < -0.39 is 0 Å². The minimum absolute atomic E-state index is 1.26. The molecule has 0 aromatic carbocycles. The molecule has 0 nitrogen and oxygen atoms in total. The lowest BCUT2D eigenvalue weighted by Gasteiger charge is -2.04. The second-order valence-corrected chi connectivity index (χ2v) is 5.85. The summed E-state index contributed by atoms with van der Waals surface area (Å²) in [5.41, 5.74) is 2.76. The summed E-state index contributed by atoms with van der Waals surface area (Å²) in [6.45, 7) is 10.6. The van der Waals surface area contributed by atoms with Crippen LogP contribution in [0.4, 0.5) is 0 Å². The Labute approximate surface area is 116 Å². The standard InChI is InChI=1S/C18H35/c1-5-6-7-8-9-10-11-12-13-14-15-16-18(4)17(2)3/h2,5-16H2,1,3-4H3/b18-17-. The first-order chi connectivity index (χ1) is 8.68. The molecule has 0 fully saturated rings. The van der Waals surface area contributed by atoms with Crippen LogP contribution in [0, 0.1) is 6.92 Å². The molecule has 0 amide bonds. The Hall–Kier alpha value is -0.260. The minimum atomic E-state index is 1.26. The highest BCUT2D eigenvalue weighted by Crippen LogP contribution is 2.15. The van der Waals surface area contributed by atoms with Crippen molar-refractivity contribution in [1.82, 2.24) is 0 Å². The summed E-state index contributed by atoms with van der Waals surface area (Å²) in [6, 6.07) is 0. The molecule has 0 heteroatoms. The number of hydrogen-bond donors (Lipinski definition) is 0. The molecule has 0 aliphatic rings. The van der Waals surface area contributed by atoms with E-state index in [9.17, 15) is 0 Å². The van der Waals surface area contributed by atoms with E-state index in [1.807, 2.05) is 0 Å². The Morgan fingerprint density at radius 1 is 0.667 bits per heavy atom. The summed E-state index contributed by atoms with van der Waals surface area (Å²) in [5, 5.41) is 0. The normalized spacial score (nSPS) is 12.7. The Morgan fingerprint density at radius 2 is 1.06 bits per heavy atom. The third kappa shape index (κ3) is 12.2. The van der Waals surface area contributed by atoms with E-state index in [4.69, 9.17) is 0 Å². The summed E-state index contributed by atoms with van der Waals surface area (Å²) < 4.78 is 0. The van der Waals surface area contributed by atoms with Crippen LogP contribution < -0.4 is 0 Å². The number of hydrogen-bond acceptors (Lipinski definition) is 0. The van der Waals surface area contributed by atoms with Gasteiger partial charge in [0.1, 0.15) is 0 Å². The van der Waals surface area contributed by atoms with Crippen molar-refractivity contribution >= 4 is 0 Å². The third-order valence-electron chi connectivity index (χ3n) is 3.88. The summed E-state index contributed by atoms with van der Waals surface area (Å²) >= 11 is 0. The van der Waals surface area contributed by atoms with E-state index in [-0.39, 0.29) is 0 Å². The lowest BCUT2D eigenvalue weighted by Crippen LogP contribution is -1.84. The molecule has 0 rings (SSSR count). The van der Waals surface area contributed by atoms with E-state index in [2.05, 4.69) is 27.7 Å². The monoisotopic (exact) mass is 251 g/mol. The zero-order valence-electron chi connectivity index (χ0n) is 13.2. The Morgan fingerprint density at radius 3 is 1.44 bits per heavy atom. The van der Waals surface area contributed by atoms with Crippen molar-refractivity contribution in [2.75, 3.05) is 0 Å². The first-order valence-corrected chi connectivity index (χ1v) is 8.16. The van der Waals surface area contributed by atoms with Gasteiger partial charge in [0.05, 0.1) is 0 Å². The largest absolute Gasteiger partial charge is 0.0744 e. The molecule has 0 heterocycles. The lowest BCUT2D eigenvalue weighted by atomic mass is 10.0. The van der Waals surface area contributed by atoms with E-state index in [0.29, 0.717) is 0 Å². The van der Waals surface area contributed by atoms with Crippen LogP contribution in [-0.4, -0.2) is 0 Å².